The molecule has 0 saturated heterocycles. The summed E-state index contributed by atoms with van der Waals surface area (Å²) in [6.45, 7) is 0.379. The Balaban J connectivity index is 3.25. The summed E-state index contributed by atoms with van der Waals surface area (Å²) in [7, 11) is 1.27. The molecular formula is C7H12ClNO4. The third kappa shape index (κ3) is 7.39. The zero-order valence-electron chi connectivity index (χ0n) is 7.34. The normalized spacial score (nSPS) is 9.08. The number of hydrogen-bond acceptors (Lipinski definition) is 4. The highest BCUT2D eigenvalue weighted by atomic mass is 35.5. The molecule has 0 aromatic heterocycles. The molecule has 0 rings (SSSR count). The molecule has 0 spiro atoms. The lowest BCUT2D eigenvalue weighted by Crippen LogP contribution is -2.24. The third-order valence-corrected chi connectivity index (χ3v) is 1.34. The molecule has 0 unspecified atom stereocenters. The monoisotopic (exact) mass is 209 g/mol. The third-order valence-electron chi connectivity index (χ3n) is 1.23. The molecule has 0 radical (unpaired) electrons. The van der Waals surface area contributed by atoms with Crippen LogP contribution in [0, 0.1) is 0 Å². The van der Waals surface area contributed by atoms with Gasteiger partial charge in [0.2, 0.25) is 0 Å². The molecule has 13 heavy (non-hydrogen) atoms. The number of carbonyl (C=O) groups excluding carboxylic acids is 2. The van der Waals surface area contributed by atoms with Crippen molar-refractivity contribution >= 4 is 23.7 Å². The van der Waals surface area contributed by atoms with E-state index in [4.69, 9.17) is 11.6 Å². The van der Waals surface area contributed by atoms with E-state index in [-0.39, 0.29) is 18.5 Å². The van der Waals surface area contributed by atoms with E-state index in [1.807, 2.05) is 0 Å². The second-order valence-corrected chi connectivity index (χ2v) is 2.37. The number of methoxy groups -OCH3 is 1. The summed E-state index contributed by atoms with van der Waals surface area (Å²) in [6, 6.07) is -0.136. The summed E-state index contributed by atoms with van der Waals surface area (Å²) in [5.41, 5.74) is 0. The summed E-state index contributed by atoms with van der Waals surface area (Å²) >= 11 is 5.15. The first kappa shape index (κ1) is 12.0. The average Bonchev–Trinajstić information content (AvgIpc) is 2.12. The van der Waals surface area contributed by atoms with Crippen molar-refractivity contribution in [1.82, 2.24) is 5.32 Å². The SMILES string of the molecule is COC(=O)NCCCC(=O)OCCl. The summed E-state index contributed by atoms with van der Waals surface area (Å²) in [5.74, 6) is -0.373. The molecule has 0 saturated carbocycles. The Bertz CT molecular complexity index is 174. The summed E-state index contributed by atoms with van der Waals surface area (Å²) in [4.78, 5) is 21.2. The maximum atomic E-state index is 10.7. The average molecular weight is 210 g/mol. The molecule has 0 fully saturated rings. The quantitative estimate of drug-likeness (QED) is 0.415. The summed E-state index contributed by atoms with van der Waals surface area (Å²) in [6.07, 6.45) is 0.229. The van der Waals surface area contributed by atoms with Crippen LogP contribution in [0.1, 0.15) is 12.8 Å². The molecular weight excluding hydrogens is 198 g/mol. The summed E-state index contributed by atoms with van der Waals surface area (Å²) < 4.78 is 8.78. The van der Waals surface area contributed by atoms with Gasteiger partial charge >= 0.3 is 12.1 Å². The van der Waals surface area contributed by atoms with Gasteiger partial charge in [0.1, 0.15) is 0 Å². The van der Waals surface area contributed by atoms with E-state index in [2.05, 4.69) is 14.8 Å². The number of alkyl halides is 1. The Hall–Kier alpha value is -0.970. The van der Waals surface area contributed by atoms with Gasteiger partial charge in [0.05, 0.1) is 7.11 Å². The Labute approximate surface area is 81.3 Å². The number of nitrogens with one attached hydrogen (secondary N) is 1. The number of ether oxygens (including phenoxy) is 2. The fraction of sp³-hybridized carbons (Fsp3) is 0.714. The second kappa shape index (κ2) is 7.67. The highest BCUT2D eigenvalue weighted by Crippen LogP contribution is 1.92. The van der Waals surface area contributed by atoms with Gasteiger partial charge in [0.15, 0.2) is 6.07 Å². The van der Waals surface area contributed by atoms with E-state index < -0.39 is 6.09 Å². The topological polar surface area (TPSA) is 64.6 Å². The van der Waals surface area contributed by atoms with Crippen molar-refractivity contribution in [1.29, 1.82) is 0 Å². The zero-order valence-corrected chi connectivity index (χ0v) is 8.10. The number of alkyl carbamates (subject to hydrolysis) is 1. The van der Waals surface area contributed by atoms with Gasteiger partial charge in [-0.2, -0.15) is 0 Å². The van der Waals surface area contributed by atoms with Gasteiger partial charge in [0, 0.05) is 13.0 Å². The molecule has 0 bridgehead atoms. The minimum Gasteiger partial charge on any atom is -0.453 e. The van der Waals surface area contributed by atoms with Gasteiger partial charge in [-0.3, -0.25) is 4.79 Å². The van der Waals surface area contributed by atoms with Gasteiger partial charge in [-0.25, -0.2) is 4.79 Å². The molecule has 1 N–H and O–H groups in total. The number of rotatable bonds is 5. The van der Waals surface area contributed by atoms with Crippen molar-refractivity contribution in [2.75, 3.05) is 19.7 Å². The Kier molecular flexibility index (Phi) is 7.10. The molecule has 5 nitrogen and oxygen atoms in total. The van der Waals surface area contributed by atoms with E-state index in [1.165, 1.54) is 7.11 Å². The van der Waals surface area contributed by atoms with Crippen LogP contribution in [0.15, 0.2) is 0 Å². The van der Waals surface area contributed by atoms with Crippen LogP contribution in [0.2, 0.25) is 0 Å². The molecule has 1 amide bonds. The zero-order chi connectivity index (χ0) is 10.1. The minimum atomic E-state index is -0.509. The number of esters is 1. The molecule has 0 aliphatic rings. The van der Waals surface area contributed by atoms with Crippen LogP contribution in [-0.4, -0.2) is 31.8 Å². The summed E-state index contributed by atoms with van der Waals surface area (Å²) in [5, 5.41) is 2.43. The first-order valence-corrected chi connectivity index (χ1v) is 4.27. The van der Waals surface area contributed by atoms with Gasteiger partial charge in [-0.1, -0.05) is 11.6 Å². The van der Waals surface area contributed by atoms with Crippen LogP contribution in [0.5, 0.6) is 0 Å². The number of amides is 1. The van der Waals surface area contributed by atoms with E-state index in [0.717, 1.165) is 0 Å². The van der Waals surface area contributed by atoms with Crippen LogP contribution < -0.4 is 5.32 Å². The first-order chi connectivity index (χ1) is 6.20. The largest absolute Gasteiger partial charge is 0.453 e. The predicted molar refractivity (Wildman–Crippen MR) is 46.5 cm³/mol. The van der Waals surface area contributed by atoms with E-state index in [9.17, 15) is 9.59 Å². The number of hydrogen-bond donors (Lipinski definition) is 1. The predicted octanol–water partition coefficient (Wildman–Crippen LogP) is 0.862. The lowest BCUT2D eigenvalue weighted by Gasteiger charge is -2.02. The van der Waals surface area contributed by atoms with Crippen LogP contribution in [0.4, 0.5) is 4.79 Å². The highest BCUT2D eigenvalue weighted by Gasteiger charge is 2.02. The van der Waals surface area contributed by atoms with Gasteiger partial charge < -0.3 is 14.8 Å². The minimum absolute atomic E-state index is 0.136. The lowest BCUT2D eigenvalue weighted by molar-refractivity contribution is -0.141. The van der Waals surface area contributed by atoms with Crippen LogP contribution in [-0.2, 0) is 14.3 Å². The molecule has 6 heteroatoms. The maximum absolute atomic E-state index is 10.7. The van der Waals surface area contributed by atoms with E-state index >= 15 is 0 Å². The maximum Gasteiger partial charge on any atom is 0.406 e. The fourth-order valence-electron chi connectivity index (χ4n) is 0.628. The highest BCUT2D eigenvalue weighted by molar-refractivity contribution is 6.17. The second-order valence-electron chi connectivity index (χ2n) is 2.15. The van der Waals surface area contributed by atoms with E-state index in [0.29, 0.717) is 13.0 Å². The first-order valence-electron chi connectivity index (χ1n) is 3.74. The molecule has 0 aliphatic heterocycles. The van der Waals surface area contributed by atoms with Gasteiger partial charge in [0.25, 0.3) is 0 Å². The van der Waals surface area contributed by atoms with Crippen molar-refractivity contribution in [2.24, 2.45) is 0 Å². The molecule has 76 valence electrons. The Morgan fingerprint density at radius 1 is 1.46 bits per heavy atom. The smallest absolute Gasteiger partial charge is 0.406 e. The number of carbonyl (C=O) groups is 2. The van der Waals surface area contributed by atoms with Crippen LogP contribution >= 0.6 is 11.6 Å². The van der Waals surface area contributed by atoms with Crippen molar-refractivity contribution in [2.45, 2.75) is 12.8 Å². The van der Waals surface area contributed by atoms with Crippen molar-refractivity contribution in [3.63, 3.8) is 0 Å². The molecule has 0 aromatic carbocycles. The van der Waals surface area contributed by atoms with Crippen LogP contribution in [0.25, 0.3) is 0 Å². The number of halogens is 1. The fourth-order valence-corrected chi connectivity index (χ4v) is 0.750. The molecule has 0 atom stereocenters. The van der Waals surface area contributed by atoms with Crippen molar-refractivity contribution < 1.29 is 19.1 Å². The molecule has 0 heterocycles. The van der Waals surface area contributed by atoms with Crippen molar-refractivity contribution in [3.8, 4) is 0 Å². The van der Waals surface area contributed by atoms with Gasteiger partial charge in [-0.05, 0) is 6.42 Å². The lowest BCUT2D eigenvalue weighted by atomic mass is 10.3. The molecule has 0 aromatic rings. The van der Waals surface area contributed by atoms with Crippen molar-refractivity contribution in [3.05, 3.63) is 0 Å². The Morgan fingerprint density at radius 2 is 2.15 bits per heavy atom. The molecule has 0 aliphatic carbocycles. The standard InChI is InChI=1S/C7H12ClNO4/c1-12-7(11)9-4-2-3-6(10)13-5-8/h2-5H2,1H3,(H,9,11). The van der Waals surface area contributed by atoms with Crippen LogP contribution in [0.3, 0.4) is 0 Å². The van der Waals surface area contributed by atoms with Gasteiger partial charge in [-0.15, -0.1) is 0 Å². The van der Waals surface area contributed by atoms with E-state index in [1.54, 1.807) is 0 Å². The Morgan fingerprint density at radius 3 is 2.69 bits per heavy atom.